The van der Waals surface area contributed by atoms with Crippen molar-refractivity contribution in [3.63, 3.8) is 0 Å². The number of nitrogens with zero attached hydrogens (tertiary/aromatic N) is 3. The second kappa shape index (κ2) is 10.2. The van der Waals surface area contributed by atoms with Crippen molar-refractivity contribution in [3.8, 4) is 0 Å². The van der Waals surface area contributed by atoms with Gasteiger partial charge in [0, 0.05) is 30.2 Å². The van der Waals surface area contributed by atoms with Crippen LogP contribution in [0.5, 0.6) is 0 Å². The number of nitro benzene ring substituents is 1. The molecule has 0 amide bonds. The Bertz CT molecular complexity index is 1080. The summed E-state index contributed by atoms with van der Waals surface area (Å²) in [6.07, 6.45) is 4.28. The summed E-state index contributed by atoms with van der Waals surface area (Å²) in [5.41, 5.74) is 2.18. The minimum Gasteiger partial charge on any atom is -0.456 e. The van der Waals surface area contributed by atoms with Gasteiger partial charge in [0.05, 0.1) is 16.2 Å². The van der Waals surface area contributed by atoms with E-state index in [-0.39, 0.29) is 17.9 Å². The van der Waals surface area contributed by atoms with Crippen LogP contribution in [0, 0.1) is 10.1 Å². The van der Waals surface area contributed by atoms with Crippen LogP contribution in [0.1, 0.15) is 41.7 Å². The highest BCUT2D eigenvalue weighted by Crippen LogP contribution is 2.31. The molecule has 2 aromatic carbocycles. The van der Waals surface area contributed by atoms with Crippen LogP contribution in [0.2, 0.25) is 0 Å². The number of hydrogen-bond acceptors (Lipinski definition) is 8. The number of anilines is 3. The van der Waals surface area contributed by atoms with Crippen LogP contribution in [-0.2, 0) is 11.3 Å². The van der Waals surface area contributed by atoms with Gasteiger partial charge in [0.25, 0.3) is 5.69 Å². The second-order valence-electron chi connectivity index (χ2n) is 7.57. The van der Waals surface area contributed by atoms with E-state index in [2.05, 4.69) is 10.3 Å². The van der Waals surface area contributed by atoms with Crippen molar-refractivity contribution in [2.75, 3.05) is 23.3 Å². The number of ether oxygens (including phenoxy) is 1. The third-order valence-electron chi connectivity index (χ3n) is 5.28. The number of para-hydroxylation sites is 1. The first-order valence-corrected chi connectivity index (χ1v) is 11.4. The lowest BCUT2D eigenvalue weighted by Gasteiger charge is -2.22. The maximum absolute atomic E-state index is 12.5. The largest absolute Gasteiger partial charge is 0.456 e. The maximum Gasteiger partial charge on any atom is 0.338 e. The molecule has 1 N–H and O–H groups in total. The van der Waals surface area contributed by atoms with Gasteiger partial charge in [0.15, 0.2) is 5.13 Å². The van der Waals surface area contributed by atoms with Crippen molar-refractivity contribution >= 4 is 39.5 Å². The molecule has 0 radical (unpaired) electrons. The topological polar surface area (TPSA) is 97.6 Å². The van der Waals surface area contributed by atoms with Gasteiger partial charge in [-0.25, -0.2) is 9.78 Å². The van der Waals surface area contributed by atoms with E-state index < -0.39 is 10.9 Å². The fraction of sp³-hybridized carbons (Fsp3) is 0.304. The van der Waals surface area contributed by atoms with Gasteiger partial charge in [-0.15, -0.1) is 11.3 Å². The lowest BCUT2D eigenvalue weighted by Crippen LogP contribution is -2.24. The summed E-state index contributed by atoms with van der Waals surface area (Å²) in [6.45, 7) is 1.56. The molecule has 1 fully saturated rings. The smallest absolute Gasteiger partial charge is 0.338 e. The molecule has 1 saturated heterocycles. The summed E-state index contributed by atoms with van der Waals surface area (Å²) in [4.78, 5) is 30.2. The number of carbonyl (C=O) groups excluding carboxylic acids is 1. The average Bonchev–Trinajstić information content (AvgIpc) is 3.08. The van der Waals surface area contributed by atoms with Crippen LogP contribution in [0.3, 0.4) is 0 Å². The number of carbonyl (C=O) groups is 1. The molecule has 0 aliphatic carbocycles. The number of rotatable bonds is 7. The Balaban J connectivity index is 1.41. The minimum absolute atomic E-state index is 0.00647. The molecular formula is C23H24N4O4S. The third kappa shape index (κ3) is 5.42. The highest BCUT2D eigenvalue weighted by Gasteiger charge is 2.23. The number of aromatic nitrogens is 1. The molecule has 1 aliphatic rings. The maximum atomic E-state index is 12.5. The molecular weight excluding hydrogens is 428 g/mol. The molecule has 1 aliphatic heterocycles. The summed E-state index contributed by atoms with van der Waals surface area (Å²) in [7, 11) is 0. The average molecular weight is 453 g/mol. The SMILES string of the molecule is O=C(OCc1csc(Nc2ccccc2)n1)c1ccc(N2CCCCCC2)c([N+](=O)[O-])c1. The number of benzene rings is 2. The third-order valence-corrected chi connectivity index (χ3v) is 6.09. The fourth-order valence-corrected chi connectivity index (χ4v) is 4.39. The molecule has 0 atom stereocenters. The van der Waals surface area contributed by atoms with Crippen molar-refractivity contribution < 1.29 is 14.5 Å². The van der Waals surface area contributed by atoms with Gasteiger partial charge in [-0.3, -0.25) is 10.1 Å². The molecule has 166 valence electrons. The molecule has 1 aromatic heterocycles. The van der Waals surface area contributed by atoms with Crippen molar-refractivity contribution in [2.45, 2.75) is 32.3 Å². The van der Waals surface area contributed by atoms with Gasteiger partial charge in [-0.1, -0.05) is 31.0 Å². The van der Waals surface area contributed by atoms with E-state index in [0.29, 0.717) is 16.5 Å². The zero-order chi connectivity index (χ0) is 22.3. The number of nitrogens with one attached hydrogen (secondary N) is 1. The summed E-state index contributed by atoms with van der Waals surface area (Å²) >= 11 is 1.41. The lowest BCUT2D eigenvalue weighted by atomic mass is 10.1. The van der Waals surface area contributed by atoms with Crippen molar-refractivity contribution in [3.05, 3.63) is 75.3 Å². The molecule has 0 spiro atoms. The van der Waals surface area contributed by atoms with Gasteiger partial charge < -0.3 is 15.0 Å². The van der Waals surface area contributed by atoms with Crippen LogP contribution in [0.4, 0.5) is 22.2 Å². The van der Waals surface area contributed by atoms with Gasteiger partial charge >= 0.3 is 5.97 Å². The number of thiazole rings is 1. The standard InChI is InChI=1S/C23H24N4O4S/c28-22(31-15-19-16-32-23(25-19)24-18-8-4-3-5-9-18)17-10-11-20(21(14-17)27(29)30)26-12-6-1-2-7-13-26/h3-5,8-11,14,16H,1-2,6-7,12-13,15H2,(H,24,25). The fourth-order valence-electron chi connectivity index (χ4n) is 3.67. The lowest BCUT2D eigenvalue weighted by molar-refractivity contribution is -0.384. The normalized spacial score (nSPS) is 13.9. The van der Waals surface area contributed by atoms with Crippen LogP contribution in [0.25, 0.3) is 0 Å². The van der Waals surface area contributed by atoms with Gasteiger partial charge in [-0.05, 0) is 37.1 Å². The Morgan fingerprint density at radius 1 is 1.12 bits per heavy atom. The first kappa shape index (κ1) is 21.8. The van der Waals surface area contributed by atoms with Crippen molar-refractivity contribution in [2.24, 2.45) is 0 Å². The van der Waals surface area contributed by atoms with Gasteiger partial charge in [-0.2, -0.15) is 0 Å². The number of nitro groups is 1. The van der Waals surface area contributed by atoms with Crippen LogP contribution in [0.15, 0.2) is 53.9 Å². The predicted octanol–water partition coefficient (Wildman–Crippen LogP) is 5.53. The van der Waals surface area contributed by atoms with Crippen molar-refractivity contribution in [1.29, 1.82) is 0 Å². The molecule has 0 saturated carbocycles. The summed E-state index contributed by atoms with van der Waals surface area (Å²) < 4.78 is 5.36. The van der Waals surface area contributed by atoms with E-state index >= 15 is 0 Å². The Kier molecular flexibility index (Phi) is 6.96. The molecule has 2 heterocycles. The van der Waals surface area contributed by atoms with Crippen LogP contribution in [-0.4, -0.2) is 29.0 Å². The predicted molar refractivity (Wildman–Crippen MR) is 125 cm³/mol. The van der Waals surface area contributed by atoms with Crippen LogP contribution < -0.4 is 10.2 Å². The van der Waals surface area contributed by atoms with E-state index in [0.717, 1.165) is 44.5 Å². The first-order valence-electron chi connectivity index (χ1n) is 10.6. The second-order valence-corrected chi connectivity index (χ2v) is 8.43. The number of esters is 1. The van der Waals surface area contributed by atoms with Gasteiger partial charge in [0.2, 0.25) is 0 Å². The van der Waals surface area contributed by atoms with Crippen LogP contribution >= 0.6 is 11.3 Å². The molecule has 0 unspecified atom stereocenters. The zero-order valence-electron chi connectivity index (χ0n) is 17.5. The molecule has 4 rings (SSSR count). The van der Waals surface area contributed by atoms with E-state index in [1.54, 1.807) is 12.1 Å². The number of hydrogen-bond donors (Lipinski definition) is 1. The van der Waals surface area contributed by atoms with Gasteiger partial charge in [0.1, 0.15) is 12.3 Å². The molecule has 32 heavy (non-hydrogen) atoms. The highest BCUT2D eigenvalue weighted by molar-refractivity contribution is 7.13. The molecule has 9 heteroatoms. The quantitative estimate of drug-likeness (QED) is 0.286. The Hall–Kier alpha value is -3.46. The first-order chi connectivity index (χ1) is 15.6. The Labute approximate surface area is 190 Å². The zero-order valence-corrected chi connectivity index (χ0v) is 18.3. The summed E-state index contributed by atoms with van der Waals surface area (Å²) in [6, 6.07) is 14.2. The molecule has 8 nitrogen and oxygen atoms in total. The minimum atomic E-state index is -0.610. The molecule has 0 bridgehead atoms. The summed E-state index contributed by atoms with van der Waals surface area (Å²) in [5, 5.41) is 17.4. The van der Waals surface area contributed by atoms with E-state index in [9.17, 15) is 14.9 Å². The Morgan fingerprint density at radius 3 is 2.59 bits per heavy atom. The van der Waals surface area contributed by atoms with E-state index in [1.807, 2.05) is 40.6 Å². The monoisotopic (exact) mass is 452 g/mol. The van der Waals surface area contributed by atoms with E-state index in [4.69, 9.17) is 4.74 Å². The Morgan fingerprint density at radius 2 is 1.88 bits per heavy atom. The summed E-state index contributed by atoms with van der Waals surface area (Å²) in [5.74, 6) is -0.610. The highest BCUT2D eigenvalue weighted by atomic mass is 32.1. The van der Waals surface area contributed by atoms with E-state index in [1.165, 1.54) is 17.4 Å². The van der Waals surface area contributed by atoms with Crippen molar-refractivity contribution in [1.82, 2.24) is 4.98 Å². The molecule has 3 aromatic rings.